The van der Waals surface area contributed by atoms with Crippen LogP contribution in [0, 0.1) is 11.7 Å². The summed E-state index contributed by atoms with van der Waals surface area (Å²) in [6.45, 7) is 5.25. The van der Waals surface area contributed by atoms with Crippen molar-refractivity contribution in [1.29, 1.82) is 0 Å². The van der Waals surface area contributed by atoms with E-state index in [-0.39, 0.29) is 29.6 Å². The third-order valence-electron chi connectivity index (χ3n) is 6.71. The van der Waals surface area contributed by atoms with Crippen molar-refractivity contribution in [2.45, 2.75) is 39.3 Å². The first-order valence-electron chi connectivity index (χ1n) is 12.6. The highest BCUT2D eigenvalue weighted by molar-refractivity contribution is 6.06. The number of carbonyl (C=O) groups excluding carboxylic acids is 2. The van der Waals surface area contributed by atoms with E-state index >= 15 is 0 Å². The van der Waals surface area contributed by atoms with E-state index in [9.17, 15) is 14.0 Å². The number of pyridine rings is 1. The number of halogens is 1. The van der Waals surface area contributed by atoms with E-state index in [4.69, 9.17) is 4.98 Å². The number of piperidine rings is 1. The molecule has 8 heteroatoms. The summed E-state index contributed by atoms with van der Waals surface area (Å²) in [5.41, 5.74) is 3.41. The molecule has 2 amide bonds. The van der Waals surface area contributed by atoms with Gasteiger partial charge in [-0.3, -0.25) is 9.59 Å². The lowest BCUT2D eigenvalue weighted by atomic mass is 9.95. The number of fused-ring (bicyclic) bond motifs is 1. The van der Waals surface area contributed by atoms with Crippen LogP contribution >= 0.6 is 0 Å². The minimum atomic E-state index is -0.312. The molecule has 1 aliphatic rings. The zero-order valence-corrected chi connectivity index (χ0v) is 21.0. The third-order valence-corrected chi connectivity index (χ3v) is 6.71. The lowest BCUT2D eigenvalue weighted by molar-refractivity contribution is -0.126. The van der Waals surface area contributed by atoms with Crippen LogP contribution in [-0.2, 0) is 11.3 Å². The molecule has 4 aromatic rings. The Morgan fingerprint density at radius 2 is 1.81 bits per heavy atom. The van der Waals surface area contributed by atoms with Crippen LogP contribution in [0.3, 0.4) is 0 Å². The summed E-state index contributed by atoms with van der Waals surface area (Å²) in [5, 5.41) is 8.15. The molecule has 0 aliphatic carbocycles. The van der Waals surface area contributed by atoms with Gasteiger partial charge in [0.05, 0.1) is 29.4 Å². The van der Waals surface area contributed by atoms with Crippen LogP contribution in [0.2, 0.25) is 0 Å². The molecular weight excluding hydrogens is 469 g/mol. The smallest absolute Gasteiger partial charge is 0.254 e. The molecule has 0 radical (unpaired) electrons. The molecule has 2 aromatic carbocycles. The summed E-state index contributed by atoms with van der Waals surface area (Å²) in [4.78, 5) is 32.9. The second-order valence-electron chi connectivity index (χ2n) is 9.82. The maximum absolute atomic E-state index is 13.8. The topological polar surface area (TPSA) is 80.1 Å². The van der Waals surface area contributed by atoms with Gasteiger partial charge in [0.15, 0.2) is 5.65 Å². The highest BCUT2D eigenvalue weighted by Crippen LogP contribution is 2.28. The number of nitrogens with one attached hydrogen (secondary N) is 1. The number of nitrogens with zero attached hydrogens (tertiary/aromatic N) is 4. The summed E-state index contributed by atoms with van der Waals surface area (Å²) >= 11 is 0. The summed E-state index contributed by atoms with van der Waals surface area (Å²) in [6.07, 6.45) is 2.91. The Morgan fingerprint density at radius 3 is 2.51 bits per heavy atom. The second kappa shape index (κ2) is 10.5. The number of amides is 2. The molecule has 7 nitrogen and oxygen atoms in total. The molecule has 0 unspecified atom stereocenters. The van der Waals surface area contributed by atoms with Gasteiger partial charge in [-0.2, -0.15) is 5.10 Å². The van der Waals surface area contributed by atoms with Gasteiger partial charge in [-0.15, -0.1) is 0 Å². The molecule has 3 heterocycles. The Hall–Kier alpha value is -4.07. The summed E-state index contributed by atoms with van der Waals surface area (Å²) in [7, 11) is 0. The van der Waals surface area contributed by atoms with Crippen LogP contribution in [0.5, 0.6) is 0 Å². The predicted molar refractivity (Wildman–Crippen MR) is 140 cm³/mol. The van der Waals surface area contributed by atoms with Crippen LogP contribution in [0.25, 0.3) is 22.3 Å². The van der Waals surface area contributed by atoms with Gasteiger partial charge in [0, 0.05) is 30.6 Å². The molecule has 5 rings (SSSR count). The molecule has 1 N–H and O–H groups in total. The Balaban J connectivity index is 1.47. The van der Waals surface area contributed by atoms with Crippen LogP contribution in [0.15, 0.2) is 66.9 Å². The van der Waals surface area contributed by atoms with E-state index in [0.29, 0.717) is 54.8 Å². The molecule has 0 atom stereocenters. The van der Waals surface area contributed by atoms with E-state index < -0.39 is 0 Å². The largest absolute Gasteiger partial charge is 0.354 e. The minimum absolute atomic E-state index is 0.0541. The maximum atomic E-state index is 13.8. The second-order valence-corrected chi connectivity index (χ2v) is 9.82. The molecule has 1 saturated heterocycles. The molecular formula is C29H30FN5O2. The number of likely N-dealkylation sites (tertiary alicyclic amines) is 1. The molecule has 37 heavy (non-hydrogen) atoms. The van der Waals surface area contributed by atoms with E-state index in [1.807, 2.05) is 61.2 Å². The standard InChI is InChI=1S/C29H30FN5O2/c1-19(2)32-28(36)22-11-13-34(14-12-22)29(37)24-16-26(21-8-4-3-5-9-21)33-27-25(24)17-31-35(27)18-20-7-6-10-23(30)15-20/h3-10,15-17,19,22H,11-14,18H2,1-2H3,(H,32,36). The highest BCUT2D eigenvalue weighted by Gasteiger charge is 2.29. The van der Waals surface area contributed by atoms with Gasteiger partial charge in [-0.1, -0.05) is 42.5 Å². The number of hydrogen-bond donors (Lipinski definition) is 1. The van der Waals surface area contributed by atoms with Crippen molar-refractivity contribution >= 4 is 22.8 Å². The maximum Gasteiger partial charge on any atom is 0.254 e. The van der Waals surface area contributed by atoms with Gasteiger partial charge < -0.3 is 10.2 Å². The average Bonchev–Trinajstić information content (AvgIpc) is 3.30. The van der Waals surface area contributed by atoms with Gasteiger partial charge >= 0.3 is 0 Å². The molecule has 1 fully saturated rings. The normalized spacial score (nSPS) is 14.3. The van der Waals surface area contributed by atoms with E-state index in [1.54, 1.807) is 16.9 Å². The van der Waals surface area contributed by atoms with Crippen LogP contribution in [0.1, 0.15) is 42.6 Å². The minimum Gasteiger partial charge on any atom is -0.354 e. The number of carbonyl (C=O) groups is 2. The summed E-state index contributed by atoms with van der Waals surface area (Å²) in [6, 6.07) is 18.0. The number of benzene rings is 2. The quantitative estimate of drug-likeness (QED) is 0.418. The third kappa shape index (κ3) is 5.38. The molecule has 1 aliphatic heterocycles. The predicted octanol–water partition coefficient (Wildman–Crippen LogP) is 4.66. The van der Waals surface area contributed by atoms with Crippen LogP contribution in [0.4, 0.5) is 4.39 Å². The molecule has 0 spiro atoms. The van der Waals surface area contributed by atoms with Gasteiger partial charge in [-0.25, -0.2) is 14.1 Å². The summed E-state index contributed by atoms with van der Waals surface area (Å²) < 4.78 is 15.5. The Morgan fingerprint density at radius 1 is 1.05 bits per heavy atom. The number of rotatable bonds is 6. The van der Waals surface area contributed by atoms with Gasteiger partial charge in [-0.05, 0) is 50.5 Å². The van der Waals surface area contributed by atoms with Crippen molar-refractivity contribution in [1.82, 2.24) is 25.0 Å². The highest BCUT2D eigenvalue weighted by atomic mass is 19.1. The van der Waals surface area contributed by atoms with E-state index in [1.165, 1.54) is 12.1 Å². The van der Waals surface area contributed by atoms with Crippen LogP contribution in [-0.4, -0.2) is 50.6 Å². The lowest BCUT2D eigenvalue weighted by Gasteiger charge is -2.32. The van der Waals surface area contributed by atoms with E-state index in [0.717, 1.165) is 11.1 Å². The zero-order chi connectivity index (χ0) is 25.9. The van der Waals surface area contributed by atoms with Gasteiger partial charge in [0.25, 0.3) is 5.91 Å². The van der Waals surface area contributed by atoms with Crippen molar-refractivity contribution in [3.8, 4) is 11.3 Å². The Kier molecular flexibility index (Phi) is 6.99. The number of aromatic nitrogens is 3. The fraction of sp³-hybridized carbons (Fsp3) is 0.310. The van der Waals surface area contributed by atoms with Crippen molar-refractivity contribution in [2.75, 3.05) is 13.1 Å². The van der Waals surface area contributed by atoms with Crippen molar-refractivity contribution in [2.24, 2.45) is 5.92 Å². The number of hydrogen-bond acceptors (Lipinski definition) is 4. The Labute approximate surface area is 215 Å². The monoisotopic (exact) mass is 499 g/mol. The SMILES string of the molecule is CC(C)NC(=O)C1CCN(C(=O)c2cc(-c3ccccc3)nc3c2cnn3Cc2cccc(F)c2)CC1. The van der Waals surface area contributed by atoms with Gasteiger partial charge in [0.1, 0.15) is 5.82 Å². The molecule has 0 bridgehead atoms. The first-order chi connectivity index (χ1) is 17.9. The lowest BCUT2D eigenvalue weighted by Crippen LogP contribution is -2.44. The fourth-order valence-electron chi connectivity index (χ4n) is 4.82. The first-order valence-corrected chi connectivity index (χ1v) is 12.6. The molecule has 2 aromatic heterocycles. The average molecular weight is 500 g/mol. The van der Waals surface area contributed by atoms with Crippen LogP contribution < -0.4 is 5.32 Å². The van der Waals surface area contributed by atoms with Crippen molar-refractivity contribution < 1.29 is 14.0 Å². The first kappa shape index (κ1) is 24.6. The van der Waals surface area contributed by atoms with Crippen molar-refractivity contribution in [3.63, 3.8) is 0 Å². The summed E-state index contributed by atoms with van der Waals surface area (Å²) in [5.74, 6) is -0.443. The van der Waals surface area contributed by atoms with E-state index in [2.05, 4.69) is 10.4 Å². The fourth-order valence-corrected chi connectivity index (χ4v) is 4.82. The molecule has 190 valence electrons. The molecule has 0 saturated carbocycles. The Bertz CT molecular complexity index is 1430. The van der Waals surface area contributed by atoms with Crippen molar-refractivity contribution in [3.05, 3.63) is 83.8 Å². The van der Waals surface area contributed by atoms with Gasteiger partial charge in [0.2, 0.25) is 5.91 Å². The zero-order valence-electron chi connectivity index (χ0n) is 21.0.